The molecule has 6 nitrogen and oxygen atoms in total. The van der Waals surface area contributed by atoms with E-state index in [9.17, 15) is 13.2 Å². The van der Waals surface area contributed by atoms with Crippen LogP contribution >= 0.6 is 35.0 Å². The van der Waals surface area contributed by atoms with Gasteiger partial charge in [0.05, 0.1) is 17.6 Å². The smallest absolute Gasteiger partial charge is 0.257 e. The molecule has 0 atom stereocenters. The molecular formula is C21H24Cl2N2O4S2. The van der Waals surface area contributed by atoms with Crippen molar-refractivity contribution >= 4 is 50.9 Å². The minimum atomic E-state index is -3.77. The van der Waals surface area contributed by atoms with Gasteiger partial charge in [-0.15, -0.1) is 0 Å². The van der Waals surface area contributed by atoms with Gasteiger partial charge in [-0.05, 0) is 48.7 Å². The lowest BCUT2D eigenvalue weighted by Crippen LogP contribution is -2.29. The van der Waals surface area contributed by atoms with E-state index in [0.717, 1.165) is 18.4 Å². The van der Waals surface area contributed by atoms with Crippen molar-refractivity contribution in [3.8, 4) is 5.75 Å². The van der Waals surface area contributed by atoms with E-state index in [1.54, 1.807) is 23.1 Å². The van der Waals surface area contributed by atoms with E-state index in [1.807, 2.05) is 0 Å². The topological polar surface area (TPSA) is 75.7 Å². The average molecular weight is 503 g/mol. The van der Waals surface area contributed by atoms with Gasteiger partial charge in [0, 0.05) is 41.2 Å². The van der Waals surface area contributed by atoms with Gasteiger partial charge in [0.25, 0.3) is 5.91 Å². The summed E-state index contributed by atoms with van der Waals surface area (Å²) in [6.07, 6.45) is 1.90. The minimum absolute atomic E-state index is 0.0370. The lowest BCUT2D eigenvalue weighted by molar-refractivity contribution is 0.0789. The molecule has 1 aliphatic heterocycles. The van der Waals surface area contributed by atoms with E-state index >= 15 is 0 Å². The first-order chi connectivity index (χ1) is 14.8. The fourth-order valence-corrected chi connectivity index (χ4v) is 6.07. The Bertz CT molecular complexity index is 1020. The molecule has 1 fully saturated rings. The number of halogens is 2. The van der Waals surface area contributed by atoms with Gasteiger partial charge in [0.15, 0.2) is 0 Å². The first-order valence-corrected chi connectivity index (χ1v) is 13.2. The molecule has 3 rings (SSSR count). The van der Waals surface area contributed by atoms with Crippen molar-refractivity contribution < 1.29 is 17.9 Å². The molecule has 1 heterocycles. The molecule has 2 aromatic rings. The van der Waals surface area contributed by atoms with Gasteiger partial charge < -0.3 is 9.64 Å². The van der Waals surface area contributed by atoms with Gasteiger partial charge in [-0.1, -0.05) is 29.3 Å². The minimum Gasteiger partial charge on any atom is -0.496 e. The first kappa shape index (κ1) is 24.2. The van der Waals surface area contributed by atoms with Crippen LogP contribution in [-0.2, 0) is 15.8 Å². The SMILES string of the molecule is COc1ccc(S(=O)(=O)NCCSCc2c(Cl)cccc2Cl)cc1C(=O)N1CCCC1. The lowest BCUT2D eigenvalue weighted by atomic mass is 10.1. The van der Waals surface area contributed by atoms with Gasteiger partial charge >= 0.3 is 0 Å². The van der Waals surface area contributed by atoms with E-state index in [-0.39, 0.29) is 22.9 Å². The first-order valence-electron chi connectivity index (χ1n) is 9.81. The zero-order valence-electron chi connectivity index (χ0n) is 17.1. The molecule has 1 N–H and O–H groups in total. The number of amides is 1. The lowest BCUT2D eigenvalue weighted by Gasteiger charge is -2.18. The molecule has 0 aromatic heterocycles. The number of ether oxygens (including phenoxy) is 1. The number of rotatable bonds is 9. The fraction of sp³-hybridized carbons (Fsp3) is 0.381. The Balaban J connectivity index is 1.62. The number of benzene rings is 2. The second kappa shape index (κ2) is 10.9. The second-order valence-corrected chi connectivity index (χ2v) is 10.7. The van der Waals surface area contributed by atoms with Crippen molar-refractivity contribution in [3.05, 3.63) is 57.6 Å². The van der Waals surface area contributed by atoms with Crippen molar-refractivity contribution in [3.63, 3.8) is 0 Å². The van der Waals surface area contributed by atoms with E-state index in [0.29, 0.717) is 40.4 Å². The van der Waals surface area contributed by atoms with E-state index in [4.69, 9.17) is 27.9 Å². The summed E-state index contributed by atoms with van der Waals surface area (Å²) in [6.45, 7) is 1.57. The molecule has 0 spiro atoms. The molecule has 1 amide bonds. The largest absolute Gasteiger partial charge is 0.496 e. The molecule has 0 bridgehead atoms. The number of hydrogen-bond acceptors (Lipinski definition) is 5. The molecule has 1 saturated heterocycles. The molecular weight excluding hydrogens is 479 g/mol. The summed E-state index contributed by atoms with van der Waals surface area (Å²) in [7, 11) is -2.30. The number of thioether (sulfide) groups is 1. The van der Waals surface area contributed by atoms with Gasteiger partial charge in [0.1, 0.15) is 5.75 Å². The number of likely N-dealkylation sites (tertiary alicyclic amines) is 1. The Labute approximate surface area is 197 Å². The number of nitrogens with zero attached hydrogens (tertiary/aromatic N) is 1. The van der Waals surface area contributed by atoms with Gasteiger partial charge in [-0.2, -0.15) is 11.8 Å². The molecule has 0 saturated carbocycles. The van der Waals surface area contributed by atoms with Crippen molar-refractivity contribution in [2.24, 2.45) is 0 Å². The fourth-order valence-electron chi connectivity index (χ4n) is 3.29. The number of carbonyl (C=O) groups excluding carboxylic acids is 1. The number of methoxy groups -OCH3 is 1. The van der Waals surface area contributed by atoms with Crippen molar-refractivity contribution in [1.29, 1.82) is 0 Å². The molecule has 31 heavy (non-hydrogen) atoms. The maximum Gasteiger partial charge on any atom is 0.257 e. The zero-order chi connectivity index (χ0) is 22.4. The summed E-state index contributed by atoms with van der Waals surface area (Å²) in [5, 5.41) is 1.18. The highest BCUT2D eigenvalue weighted by molar-refractivity contribution is 7.98. The van der Waals surface area contributed by atoms with Crippen LogP contribution < -0.4 is 9.46 Å². The molecule has 1 aliphatic rings. The quantitative estimate of drug-likeness (QED) is 0.512. The van der Waals surface area contributed by atoms with Crippen molar-refractivity contribution in [2.75, 3.05) is 32.5 Å². The van der Waals surface area contributed by atoms with Crippen LogP contribution in [0.25, 0.3) is 0 Å². The highest BCUT2D eigenvalue weighted by Crippen LogP contribution is 2.28. The highest BCUT2D eigenvalue weighted by Gasteiger charge is 2.25. The van der Waals surface area contributed by atoms with E-state index < -0.39 is 10.0 Å². The van der Waals surface area contributed by atoms with Crippen LogP contribution in [0, 0.1) is 0 Å². The van der Waals surface area contributed by atoms with Crippen LogP contribution in [0.4, 0.5) is 0 Å². The maximum atomic E-state index is 12.8. The molecule has 0 unspecified atom stereocenters. The zero-order valence-corrected chi connectivity index (χ0v) is 20.2. The maximum absolute atomic E-state index is 12.8. The summed E-state index contributed by atoms with van der Waals surface area (Å²) in [6, 6.07) is 9.68. The van der Waals surface area contributed by atoms with Gasteiger partial charge in [-0.3, -0.25) is 4.79 Å². The van der Waals surface area contributed by atoms with Crippen molar-refractivity contribution in [1.82, 2.24) is 9.62 Å². The molecule has 0 aliphatic carbocycles. The third kappa shape index (κ3) is 6.08. The molecule has 10 heteroatoms. The number of nitrogens with one attached hydrogen (secondary N) is 1. The number of hydrogen-bond donors (Lipinski definition) is 1. The third-order valence-corrected chi connectivity index (χ3v) is 8.10. The third-order valence-electron chi connectivity index (χ3n) is 4.95. The van der Waals surface area contributed by atoms with Crippen LogP contribution in [0.2, 0.25) is 10.0 Å². The van der Waals surface area contributed by atoms with Crippen LogP contribution in [0.3, 0.4) is 0 Å². The van der Waals surface area contributed by atoms with Crippen molar-refractivity contribution in [2.45, 2.75) is 23.5 Å². The molecule has 0 radical (unpaired) electrons. The van der Waals surface area contributed by atoms with Crippen LogP contribution in [0.1, 0.15) is 28.8 Å². The summed E-state index contributed by atoms with van der Waals surface area (Å²) in [5.74, 6) is 1.27. The standard InChI is InChI=1S/C21H24Cl2N2O4S2/c1-29-20-8-7-15(13-16(20)21(26)25-10-2-3-11-25)31(27,28)24-9-12-30-14-17-18(22)5-4-6-19(17)23/h4-8,13,24H,2-3,9-12,14H2,1H3. The predicted octanol–water partition coefficient (Wildman–Crippen LogP) is 4.45. The summed E-state index contributed by atoms with van der Waals surface area (Å²) >= 11 is 13.8. The Morgan fingerprint density at radius 3 is 2.48 bits per heavy atom. The number of carbonyl (C=O) groups is 1. The van der Waals surface area contributed by atoms with Gasteiger partial charge in [-0.25, -0.2) is 13.1 Å². The van der Waals surface area contributed by atoms with Gasteiger partial charge in [0.2, 0.25) is 10.0 Å². The highest BCUT2D eigenvalue weighted by atomic mass is 35.5. The summed E-state index contributed by atoms with van der Waals surface area (Å²) in [5.41, 5.74) is 1.09. The van der Waals surface area contributed by atoms with Crippen LogP contribution in [-0.4, -0.2) is 51.7 Å². The Hall–Kier alpha value is -1.45. The summed E-state index contributed by atoms with van der Waals surface area (Å²) in [4.78, 5) is 14.6. The number of sulfonamides is 1. The predicted molar refractivity (Wildman–Crippen MR) is 126 cm³/mol. The average Bonchev–Trinajstić information content (AvgIpc) is 3.29. The summed E-state index contributed by atoms with van der Waals surface area (Å²) < 4.78 is 33.3. The second-order valence-electron chi connectivity index (χ2n) is 7.01. The molecule has 2 aromatic carbocycles. The Kier molecular flexibility index (Phi) is 8.52. The van der Waals surface area contributed by atoms with Crippen LogP contribution in [0.15, 0.2) is 41.3 Å². The Morgan fingerprint density at radius 2 is 1.84 bits per heavy atom. The normalized spacial score (nSPS) is 14.1. The molecule has 168 valence electrons. The van der Waals surface area contributed by atoms with Crippen LogP contribution in [0.5, 0.6) is 5.75 Å². The monoisotopic (exact) mass is 502 g/mol. The van der Waals surface area contributed by atoms with E-state index in [2.05, 4.69) is 4.72 Å². The van der Waals surface area contributed by atoms with E-state index in [1.165, 1.54) is 37.1 Å². The Morgan fingerprint density at radius 1 is 1.16 bits per heavy atom.